The van der Waals surface area contributed by atoms with Crippen LogP contribution in [0.2, 0.25) is 0 Å². The van der Waals surface area contributed by atoms with Crippen molar-refractivity contribution in [1.82, 2.24) is 14.8 Å². The Balaban J connectivity index is 1.63. The zero-order valence-corrected chi connectivity index (χ0v) is 17.5. The molecule has 0 aliphatic heterocycles. The van der Waals surface area contributed by atoms with Crippen LogP contribution in [-0.2, 0) is 20.1 Å². The van der Waals surface area contributed by atoms with E-state index in [0.29, 0.717) is 17.9 Å². The number of ether oxygens (including phenoxy) is 2. The SMILES string of the molecule is COc1cccc(COc2ccc(-c3cnn(C)c3)cc2C(=O)Cc2cccnc2)c1. The molecule has 0 saturated carbocycles. The highest BCUT2D eigenvalue weighted by molar-refractivity contribution is 6.01. The second kappa shape index (κ2) is 9.26. The van der Waals surface area contributed by atoms with Gasteiger partial charge in [0.2, 0.25) is 0 Å². The van der Waals surface area contributed by atoms with E-state index >= 15 is 0 Å². The largest absolute Gasteiger partial charge is 0.497 e. The number of hydrogen-bond acceptors (Lipinski definition) is 5. The number of carbonyl (C=O) groups is 1. The number of benzene rings is 2. The molecule has 156 valence electrons. The molecule has 0 radical (unpaired) electrons. The van der Waals surface area contributed by atoms with E-state index in [-0.39, 0.29) is 12.2 Å². The fourth-order valence-corrected chi connectivity index (χ4v) is 3.33. The Morgan fingerprint density at radius 3 is 2.61 bits per heavy atom. The first-order chi connectivity index (χ1) is 15.1. The van der Waals surface area contributed by atoms with Crippen molar-refractivity contribution in [2.75, 3.05) is 7.11 Å². The Kier molecular flexibility index (Phi) is 6.08. The lowest BCUT2D eigenvalue weighted by Gasteiger charge is -2.13. The molecular weight excluding hydrogens is 390 g/mol. The number of methoxy groups -OCH3 is 1. The summed E-state index contributed by atoms with van der Waals surface area (Å²) in [6, 6.07) is 17.1. The number of aromatic nitrogens is 3. The van der Waals surface area contributed by atoms with Crippen molar-refractivity contribution in [3.8, 4) is 22.6 Å². The molecule has 31 heavy (non-hydrogen) atoms. The van der Waals surface area contributed by atoms with Gasteiger partial charge in [0.05, 0.1) is 18.9 Å². The summed E-state index contributed by atoms with van der Waals surface area (Å²) >= 11 is 0. The summed E-state index contributed by atoms with van der Waals surface area (Å²) in [5.41, 5.74) is 4.21. The van der Waals surface area contributed by atoms with Crippen molar-refractivity contribution in [3.63, 3.8) is 0 Å². The fraction of sp³-hybridized carbons (Fsp3) is 0.160. The minimum Gasteiger partial charge on any atom is -0.497 e. The van der Waals surface area contributed by atoms with Crippen molar-refractivity contribution < 1.29 is 14.3 Å². The van der Waals surface area contributed by atoms with Crippen LogP contribution in [0, 0.1) is 0 Å². The molecule has 0 atom stereocenters. The molecule has 2 aromatic heterocycles. The van der Waals surface area contributed by atoms with Gasteiger partial charge in [0.25, 0.3) is 0 Å². The lowest BCUT2D eigenvalue weighted by atomic mass is 9.99. The first-order valence-electron chi connectivity index (χ1n) is 9.93. The molecule has 0 saturated heterocycles. The van der Waals surface area contributed by atoms with Crippen LogP contribution in [0.4, 0.5) is 0 Å². The summed E-state index contributed by atoms with van der Waals surface area (Å²) in [5, 5.41) is 4.23. The zero-order valence-electron chi connectivity index (χ0n) is 17.5. The van der Waals surface area contributed by atoms with Gasteiger partial charge in [-0.25, -0.2) is 0 Å². The molecule has 0 fully saturated rings. The van der Waals surface area contributed by atoms with Gasteiger partial charge in [-0.2, -0.15) is 5.10 Å². The molecule has 0 spiro atoms. The number of ketones is 1. The quantitative estimate of drug-likeness (QED) is 0.398. The normalized spacial score (nSPS) is 10.6. The molecule has 6 nitrogen and oxygen atoms in total. The molecule has 4 rings (SSSR count). The number of rotatable bonds is 8. The first-order valence-corrected chi connectivity index (χ1v) is 9.93. The molecule has 4 aromatic rings. The molecule has 2 heterocycles. The topological polar surface area (TPSA) is 66.2 Å². The van der Waals surface area contributed by atoms with Crippen LogP contribution in [0.5, 0.6) is 11.5 Å². The third-order valence-corrected chi connectivity index (χ3v) is 4.93. The highest BCUT2D eigenvalue weighted by atomic mass is 16.5. The third kappa shape index (κ3) is 4.98. The Labute approximate surface area is 181 Å². The van der Waals surface area contributed by atoms with E-state index in [9.17, 15) is 4.79 Å². The highest BCUT2D eigenvalue weighted by Crippen LogP contribution is 2.28. The standard InChI is InChI=1S/C25H23N3O3/c1-28-16-21(15-27-28)20-8-9-25(31-17-19-5-3-7-22(11-19)30-2)23(13-20)24(29)12-18-6-4-10-26-14-18/h3-11,13-16H,12,17H2,1-2H3. The van der Waals surface area contributed by atoms with Crippen LogP contribution in [0.3, 0.4) is 0 Å². The number of pyridine rings is 1. The molecule has 0 aliphatic rings. The minimum absolute atomic E-state index is 0.0283. The van der Waals surface area contributed by atoms with Gasteiger partial charge in [0, 0.05) is 37.6 Å². The van der Waals surface area contributed by atoms with Gasteiger partial charge in [-0.15, -0.1) is 0 Å². The van der Waals surface area contributed by atoms with E-state index in [1.165, 1.54) is 0 Å². The predicted molar refractivity (Wildman–Crippen MR) is 118 cm³/mol. The lowest BCUT2D eigenvalue weighted by molar-refractivity contribution is 0.0988. The fourth-order valence-electron chi connectivity index (χ4n) is 3.33. The van der Waals surface area contributed by atoms with E-state index in [1.807, 2.05) is 67.8 Å². The van der Waals surface area contributed by atoms with Crippen LogP contribution in [0.15, 0.2) is 79.4 Å². The second-order valence-corrected chi connectivity index (χ2v) is 7.22. The van der Waals surface area contributed by atoms with Gasteiger partial charge >= 0.3 is 0 Å². The minimum atomic E-state index is -0.0283. The van der Waals surface area contributed by atoms with Crippen molar-refractivity contribution in [2.45, 2.75) is 13.0 Å². The average molecular weight is 413 g/mol. The van der Waals surface area contributed by atoms with Gasteiger partial charge in [-0.1, -0.05) is 24.3 Å². The van der Waals surface area contributed by atoms with Crippen molar-refractivity contribution in [1.29, 1.82) is 0 Å². The van der Waals surface area contributed by atoms with Crippen molar-refractivity contribution in [2.24, 2.45) is 7.05 Å². The number of carbonyl (C=O) groups excluding carboxylic acids is 1. The highest BCUT2D eigenvalue weighted by Gasteiger charge is 2.16. The van der Waals surface area contributed by atoms with E-state index in [1.54, 1.807) is 30.4 Å². The second-order valence-electron chi connectivity index (χ2n) is 7.22. The van der Waals surface area contributed by atoms with Crippen LogP contribution in [-0.4, -0.2) is 27.7 Å². The molecule has 0 aliphatic carbocycles. The molecule has 0 amide bonds. The average Bonchev–Trinajstić information content (AvgIpc) is 3.24. The van der Waals surface area contributed by atoms with Gasteiger partial charge < -0.3 is 9.47 Å². The Morgan fingerprint density at radius 1 is 1.00 bits per heavy atom. The molecule has 2 aromatic carbocycles. The maximum Gasteiger partial charge on any atom is 0.171 e. The van der Waals surface area contributed by atoms with Crippen molar-refractivity contribution in [3.05, 3.63) is 96.1 Å². The molecule has 0 unspecified atom stereocenters. The molecule has 0 bridgehead atoms. The van der Waals surface area contributed by atoms with E-state index < -0.39 is 0 Å². The number of aryl methyl sites for hydroxylation is 1. The van der Waals surface area contributed by atoms with Gasteiger partial charge in [0.1, 0.15) is 18.1 Å². The van der Waals surface area contributed by atoms with Crippen LogP contribution < -0.4 is 9.47 Å². The Bertz CT molecular complexity index is 1190. The van der Waals surface area contributed by atoms with Crippen molar-refractivity contribution >= 4 is 5.78 Å². The summed E-state index contributed by atoms with van der Waals surface area (Å²) < 4.78 is 13.1. The molecular formula is C25H23N3O3. The van der Waals surface area contributed by atoms with Crippen LogP contribution >= 0.6 is 0 Å². The van der Waals surface area contributed by atoms with E-state index in [4.69, 9.17) is 9.47 Å². The lowest BCUT2D eigenvalue weighted by Crippen LogP contribution is -2.08. The third-order valence-electron chi connectivity index (χ3n) is 4.93. The summed E-state index contributed by atoms with van der Waals surface area (Å²) in [4.78, 5) is 17.3. The number of Topliss-reactive ketones (excluding diaryl/α,β-unsaturated/α-hetero) is 1. The Morgan fingerprint density at radius 2 is 1.87 bits per heavy atom. The smallest absolute Gasteiger partial charge is 0.171 e. The molecule has 0 N–H and O–H groups in total. The summed E-state index contributed by atoms with van der Waals surface area (Å²) in [7, 11) is 3.50. The predicted octanol–water partition coefficient (Wildman–Crippen LogP) is 4.50. The molecule has 6 heteroatoms. The van der Waals surface area contributed by atoms with Crippen LogP contribution in [0.1, 0.15) is 21.5 Å². The number of nitrogens with zero attached hydrogens (tertiary/aromatic N) is 3. The van der Waals surface area contributed by atoms with Gasteiger partial charge in [-0.3, -0.25) is 14.5 Å². The Hall–Kier alpha value is -3.93. The van der Waals surface area contributed by atoms with Crippen LogP contribution in [0.25, 0.3) is 11.1 Å². The maximum atomic E-state index is 13.2. The van der Waals surface area contributed by atoms with Gasteiger partial charge in [-0.05, 0) is 47.0 Å². The summed E-state index contributed by atoms with van der Waals surface area (Å²) in [6.07, 6.45) is 7.35. The summed E-state index contributed by atoms with van der Waals surface area (Å²) in [6.45, 7) is 0.330. The zero-order chi connectivity index (χ0) is 21.6. The number of hydrogen-bond donors (Lipinski definition) is 0. The van der Waals surface area contributed by atoms with E-state index in [0.717, 1.165) is 28.0 Å². The maximum absolute atomic E-state index is 13.2. The monoisotopic (exact) mass is 413 g/mol. The summed E-state index contributed by atoms with van der Waals surface area (Å²) in [5.74, 6) is 1.28. The first kappa shape index (κ1) is 20.3. The van der Waals surface area contributed by atoms with E-state index in [2.05, 4.69) is 10.1 Å². The van der Waals surface area contributed by atoms with Gasteiger partial charge in [0.15, 0.2) is 5.78 Å².